The van der Waals surface area contributed by atoms with Crippen LogP contribution in [-0.2, 0) is 16.1 Å². The Kier molecular flexibility index (Phi) is 4.99. The van der Waals surface area contributed by atoms with Crippen LogP contribution >= 0.6 is 11.3 Å². The number of carbonyl (C=O) groups is 2. The Bertz CT molecular complexity index is 1060. The van der Waals surface area contributed by atoms with Crippen molar-refractivity contribution >= 4 is 33.4 Å². The molecule has 26 heavy (non-hydrogen) atoms. The number of carbonyl (C=O) groups excluding carboxylic acids is 2. The minimum absolute atomic E-state index is 0.0457. The molecule has 0 bridgehead atoms. The average Bonchev–Trinajstić information content (AvgIpc) is 2.92. The third kappa shape index (κ3) is 3.57. The number of ether oxygens (including phenoxy) is 1. The van der Waals surface area contributed by atoms with E-state index in [1.54, 1.807) is 4.57 Å². The summed E-state index contributed by atoms with van der Waals surface area (Å²) in [6, 6.07) is 9.19. The summed E-state index contributed by atoms with van der Waals surface area (Å²) in [6.45, 7) is 3.88. The quantitative estimate of drug-likeness (QED) is 0.662. The van der Waals surface area contributed by atoms with Crippen LogP contribution < -0.4 is 4.80 Å². The molecular weight excluding hydrogens is 355 g/mol. The van der Waals surface area contributed by atoms with E-state index in [-0.39, 0.29) is 12.1 Å². The molecule has 1 aromatic heterocycles. The van der Waals surface area contributed by atoms with E-state index in [9.17, 15) is 14.0 Å². The smallest absolute Gasteiger partial charge is 0.325 e. The van der Waals surface area contributed by atoms with Gasteiger partial charge in [0.15, 0.2) is 4.80 Å². The largest absolute Gasteiger partial charge is 0.468 e. The molecule has 0 unspecified atom stereocenters. The highest BCUT2D eigenvalue weighted by atomic mass is 32.1. The summed E-state index contributed by atoms with van der Waals surface area (Å²) in [5.41, 5.74) is 3.19. The van der Waals surface area contributed by atoms with E-state index in [1.165, 1.54) is 42.7 Å². The highest BCUT2D eigenvalue weighted by Crippen LogP contribution is 2.23. The third-order valence-corrected chi connectivity index (χ3v) is 4.94. The van der Waals surface area contributed by atoms with Crippen LogP contribution in [-0.4, -0.2) is 23.6 Å². The zero-order valence-corrected chi connectivity index (χ0v) is 15.4. The number of methoxy groups -OCH3 is 1. The zero-order valence-electron chi connectivity index (χ0n) is 14.6. The molecule has 1 amide bonds. The molecule has 2 aromatic carbocycles. The van der Waals surface area contributed by atoms with E-state index >= 15 is 0 Å². The summed E-state index contributed by atoms with van der Waals surface area (Å²) in [7, 11) is 1.31. The van der Waals surface area contributed by atoms with Crippen LogP contribution in [0.25, 0.3) is 10.2 Å². The first-order chi connectivity index (χ1) is 12.4. The fourth-order valence-electron chi connectivity index (χ4n) is 2.76. The number of aromatic nitrogens is 1. The van der Waals surface area contributed by atoms with Crippen molar-refractivity contribution in [1.29, 1.82) is 0 Å². The highest BCUT2D eigenvalue weighted by Gasteiger charge is 2.14. The van der Waals surface area contributed by atoms with Gasteiger partial charge in [0.05, 0.1) is 17.3 Å². The average molecular weight is 372 g/mol. The Labute approximate surface area is 153 Å². The van der Waals surface area contributed by atoms with Gasteiger partial charge in [-0.3, -0.25) is 9.59 Å². The van der Waals surface area contributed by atoms with Gasteiger partial charge in [-0.05, 0) is 55.3 Å². The van der Waals surface area contributed by atoms with Gasteiger partial charge in [-0.2, -0.15) is 4.99 Å². The summed E-state index contributed by atoms with van der Waals surface area (Å²) >= 11 is 1.32. The topological polar surface area (TPSA) is 60.7 Å². The summed E-state index contributed by atoms with van der Waals surface area (Å²) in [5.74, 6) is -1.35. The molecule has 0 aliphatic carbocycles. The standard InChI is InChI=1S/C19H17FN2O3S/c1-11-8-12(2)17-15(9-11)26-19(22(17)10-16(23)25-3)21-18(24)13-4-6-14(20)7-5-13/h4-9H,10H2,1-3H3. The van der Waals surface area contributed by atoms with Crippen LogP contribution in [0.3, 0.4) is 0 Å². The number of hydrogen-bond donors (Lipinski definition) is 0. The van der Waals surface area contributed by atoms with Crippen molar-refractivity contribution in [1.82, 2.24) is 4.57 Å². The maximum Gasteiger partial charge on any atom is 0.325 e. The van der Waals surface area contributed by atoms with Crippen LogP contribution in [0.15, 0.2) is 41.4 Å². The molecule has 0 fully saturated rings. The van der Waals surface area contributed by atoms with Crippen molar-refractivity contribution in [3.63, 3.8) is 0 Å². The van der Waals surface area contributed by atoms with E-state index in [4.69, 9.17) is 4.74 Å². The van der Waals surface area contributed by atoms with Gasteiger partial charge in [0, 0.05) is 5.56 Å². The number of hydrogen-bond acceptors (Lipinski definition) is 4. The second-order valence-corrected chi connectivity index (χ2v) is 6.91. The minimum atomic E-state index is -0.496. The predicted octanol–water partition coefficient (Wildman–Crippen LogP) is 3.37. The SMILES string of the molecule is COC(=O)Cn1c(=NC(=O)c2ccc(F)cc2)sc2cc(C)cc(C)c21. The van der Waals surface area contributed by atoms with E-state index in [1.807, 2.05) is 26.0 Å². The second-order valence-electron chi connectivity index (χ2n) is 5.90. The van der Waals surface area contributed by atoms with Crippen LogP contribution in [0.5, 0.6) is 0 Å². The lowest BCUT2D eigenvalue weighted by Crippen LogP contribution is -2.22. The van der Waals surface area contributed by atoms with E-state index in [0.29, 0.717) is 4.80 Å². The Hall–Kier alpha value is -2.80. The maximum absolute atomic E-state index is 13.0. The molecule has 0 radical (unpaired) electrons. The predicted molar refractivity (Wildman–Crippen MR) is 97.6 cm³/mol. The van der Waals surface area contributed by atoms with Gasteiger partial charge in [0.25, 0.3) is 5.91 Å². The Morgan fingerprint density at radius 2 is 1.88 bits per heavy atom. The van der Waals surface area contributed by atoms with E-state index in [0.717, 1.165) is 21.3 Å². The van der Waals surface area contributed by atoms with Crippen molar-refractivity contribution in [3.8, 4) is 0 Å². The maximum atomic E-state index is 13.0. The van der Waals surface area contributed by atoms with Gasteiger partial charge in [-0.15, -0.1) is 0 Å². The fraction of sp³-hybridized carbons (Fsp3) is 0.211. The molecule has 0 saturated heterocycles. The van der Waals surface area contributed by atoms with Crippen molar-refractivity contribution < 1.29 is 18.7 Å². The van der Waals surface area contributed by atoms with Gasteiger partial charge in [-0.1, -0.05) is 17.4 Å². The van der Waals surface area contributed by atoms with Crippen molar-refractivity contribution in [2.75, 3.05) is 7.11 Å². The monoisotopic (exact) mass is 372 g/mol. The summed E-state index contributed by atoms with van der Waals surface area (Å²) in [4.78, 5) is 28.9. The lowest BCUT2D eigenvalue weighted by molar-refractivity contribution is -0.141. The van der Waals surface area contributed by atoms with E-state index < -0.39 is 17.7 Å². The second kappa shape index (κ2) is 7.21. The zero-order chi connectivity index (χ0) is 18.8. The van der Waals surface area contributed by atoms with Crippen LogP contribution in [0.1, 0.15) is 21.5 Å². The highest BCUT2D eigenvalue weighted by molar-refractivity contribution is 7.16. The van der Waals surface area contributed by atoms with Crippen LogP contribution in [0.4, 0.5) is 4.39 Å². The number of esters is 1. The summed E-state index contributed by atoms with van der Waals surface area (Å²) in [5, 5.41) is 0. The molecule has 0 atom stereocenters. The Morgan fingerprint density at radius 1 is 1.19 bits per heavy atom. The molecule has 0 saturated carbocycles. The van der Waals surface area contributed by atoms with Crippen molar-refractivity contribution in [2.24, 2.45) is 4.99 Å². The first-order valence-corrected chi connectivity index (χ1v) is 8.72. The van der Waals surface area contributed by atoms with Crippen molar-refractivity contribution in [2.45, 2.75) is 20.4 Å². The molecule has 0 aliphatic heterocycles. The summed E-state index contributed by atoms with van der Waals surface area (Å²) in [6.07, 6.45) is 0. The lowest BCUT2D eigenvalue weighted by atomic mass is 10.1. The van der Waals surface area contributed by atoms with Gasteiger partial charge in [0.1, 0.15) is 12.4 Å². The fourth-order valence-corrected chi connectivity index (χ4v) is 3.97. The number of fused-ring (bicyclic) bond motifs is 1. The van der Waals surface area contributed by atoms with Crippen molar-refractivity contribution in [3.05, 3.63) is 63.7 Å². The number of halogens is 1. The van der Waals surface area contributed by atoms with E-state index in [2.05, 4.69) is 4.99 Å². The number of thiazole rings is 1. The first-order valence-electron chi connectivity index (χ1n) is 7.91. The lowest BCUT2D eigenvalue weighted by Gasteiger charge is -2.06. The number of aryl methyl sites for hydroxylation is 2. The molecule has 0 aliphatic rings. The van der Waals surface area contributed by atoms with Gasteiger partial charge in [-0.25, -0.2) is 4.39 Å². The van der Waals surface area contributed by atoms with Crippen LogP contribution in [0.2, 0.25) is 0 Å². The molecule has 3 rings (SSSR count). The molecule has 134 valence electrons. The molecule has 7 heteroatoms. The molecule has 1 heterocycles. The molecular formula is C19H17FN2O3S. The minimum Gasteiger partial charge on any atom is -0.468 e. The number of rotatable bonds is 3. The number of amides is 1. The van der Waals surface area contributed by atoms with Gasteiger partial charge < -0.3 is 9.30 Å². The molecule has 0 N–H and O–H groups in total. The van der Waals surface area contributed by atoms with Gasteiger partial charge >= 0.3 is 5.97 Å². The first kappa shape index (κ1) is 18.0. The Morgan fingerprint density at radius 3 is 2.54 bits per heavy atom. The Balaban J connectivity index is 2.18. The normalized spacial score (nSPS) is 11.8. The molecule has 3 aromatic rings. The molecule has 0 spiro atoms. The number of nitrogens with zero attached hydrogens (tertiary/aromatic N) is 2. The van der Waals surface area contributed by atoms with Crippen LogP contribution in [0, 0.1) is 19.7 Å². The third-order valence-electron chi connectivity index (χ3n) is 3.92. The molecule has 5 nitrogen and oxygen atoms in total. The van der Waals surface area contributed by atoms with Gasteiger partial charge in [0.2, 0.25) is 0 Å². The number of benzene rings is 2. The summed E-state index contributed by atoms with van der Waals surface area (Å²) < 4.78 is 20.4.